The summed E-state index contributed by atoms with van der Waals surface area (Å²) in [6, 6.07) is 7.85. The normalized spacial score (nSPS) is 14.3. The maximum atomic E-state index is 6.18. The minimum atomic E-state index is -0.0909. The Bertz CT molecular complexity index is 510. The highest BCUT2D eigenvalue weighted by molar-refractivity contribution is 9.10. The summed E-state index contributed by atoms with van der Waals surface area (Å²) in [5, 5.41) is 1.08. The lowest BCUT2D eigenvalue weighted by molar-refractivity contribution is 0.290. The predicted molar refractivity (Wildman–Crippen MR) is 70.3 cm³/mol. The monoisotopic (exact) mass is 281 g/mol. The van der Waals surface area contributed by atoms with E-state index in [2.05, 4.69) is 36.7 Å². The molecule has 0 bridgehead atoms. The van der Waals surface area contributed by atoms with Crippen molar-refractivity contribution in [1.29, 1.82) is 0 Å². The molecule has 0 saturated heterocycles. The average Bonchev–Trinajstić information content (AvgIpc) is 2.60. The topological polar surface area (TPSA) is 39.2 Å². The lowest BCUT2D eigenvalue weighted by atomic mass is 9.86. The largest absolute Gasteiger partial charge is 0.459 e. The molecule has 0 spiro atoms. The van der Waals surface area contributed by atoms with E-state index in [9.17, 15) is 0 Å². The summed E-state index contributed by atoms with van der Waals surface area (Å²) in [6.07, 6.45) is 0. The number of furan rings is 1. The smallest absolute Gasteiger partial charge is 0.135 e. The van der Waals surface area contributed by atoms with Crippen molar-refractivity contribution in [2.24, 2.45) is 11.1 Å². The Hall–Kier alpha value is -0.800. The van der Waals surface area contributed by atoms with E-state index in [1.165, 1.54) is 0 Å². The second-order valence-electron chi connectivity index (χ2n) is 5.14. The molecule has 0 fully saturated rings. The molecule has 0 aliphatic heterocycles. The fraction of sp³-hybridized carbons (Fsp3) is 0.385. The summed E-state index contributed by atoms with van der Waals surface area (Å²) in [6.45, 7) is 6.33. The molecule has 86 valence electrons. The van der Waals surface area contributed by atoms with Crippen LogP contribution in [-0.4, -0.2) is 0 Å². The van der Waals surface area contributed by atoms with E-state index in [-0.39, 0.29) is 11.5 Å². The van der Waals surface area contributed by atoms with Crippen molar-refractivity contribution in [3.05, 3.63) is 34.5 Å². The molecule has 16 heavy (non-hydrogen) atoms. The number of benzene rings is 1. The van der Waals surface area contributed by atoms with Crippen LogP contribution in [0.2, 0.25) is 0 Å². The van der Waals surface area contributed by atoms with Gasteiger partial charge >= 0.3 is 0 Å². The first-order valence-corrected chi connectivity index (χ1v) is 6.12. The molecule has 2 nitrogen and oxygen atoms in total. The third kappa shape index (κ3) is 2.02. The highest BCUT2D eigenvalue weighted by atomic mass is 79.9. The summed E-state index contributed by atoms with van der Waals surface area (Å²) in [5.74, 6) is 0.842. The Kier molecular flexibility index (Phi) is 2.84. The molecule has 1 heterocycles. The van der Waals surface area contributed by atoms with Gasteiger partial charge in [-0.25, -0.2) is 0 Å². The van der Waals surface area contributed by atoms with Crippen LogP contribution in [-0.2, 0) is 0 Å². The third-order valence-corrected chi connectivity index (χ3v) is 3.46. The van der Waals surface area contributed by atoms with Crippen LogP contribution >= 0.6 is 15.9 Å². The first-order valence-electron chi connectivity index (χ1n) is 5.33. The molecule has 0 radical (unpaired) electrons. The lowest BCUT2D eigenvalue weighted by Crippen LogP contribution is -2.25. The van der Waals surface area contributed by atoms with Crippen molar-refractivity contribution in [3.8, 4) is 0 Å². The molecule has 0 aliphatic carbocycles. The van der Waals surface area contributed by atoms with E-state index in [0.717, 1.165) is 21.2 Å². The summed E-state index contributed by atoms with van der Waals surface area (Å²) in [4.78, 5) is 0. The maximum absolute atomic E-state index is 6.18. The van der Waals surface area contributed by atoms with Gasteiger partial charge in [-0.05, 0) is 23.6 Å². The minimum absolute atomic E-state index is 0.000350. The van der Waals surface area contributed by atoms with Crippen LogP contribution < -0.4 is 5.73 Å². The van der Waals surface area contributed by atoms with E-state index in [4.69, 9.17) is 10.2 Å². The van der Waals surface area contributed by atoms with Crippen molar-refractivity contribution in [3.63, 3.8) is 0 Å². The third-order valence-electron chi connectivity index (χ3n) is 2.77. The standard InChI is InChI=1S/C13H16BrNO/c1-13(2,3)12(15)11-7-8-9(14)5-4-6-10(8)16-11/h4-7,12H,15H2,1-3H3. The molecule has 2 aromatic rings. The molecule has 1 aromatic heterocycles. The van der Waals surface area contributed by atoms with Crippen LogP contribution in [0.5, 0.6) is 0 Å². The number of hydrogen-bond acceptors (Lipinski definition) is 2. The predicted octanol–water partition coefficient (Wildman–Crippen LogP) is 4.24. The van der Waals surface area contributed by atoms with Gasteiger partial charge in [-0.15, -0.1) is 0 Å². The fourth-order valence-corrected chi connectivity index (χ4v) is 2.09. The van der Waals surface area contributed by atoms with Crippen molar-refractivity contribution in [2.45, 2.75) is 26.8 Å². The van der Waals surface area contributed by atoms with Crippen LogP contribution in [0.3, 0.4) is 0 Å². The molecule has 1 unspecified atom stereocenters. The van der Waals surface area contributed by atoms with Crippen molar-refractivity contribution in [1.82, 2.24) is 0 Å². The van der Waals surface area contributed by atoms with Crippen LogP contribution in [0.25, 0.3) is 11.0 Å². The van der Waals surface area contributed by atoms with Crippen molar-refractivity contribution in [2.75, 3.05) is 0 Å². The lowest BCUT2D eigenvalue weighted by Gasteiger charge is -2.24. The van der Waals surface area contributed by atoms with Gasteiger partial charge in [0.2, 0.25) is 0 Å². The zero-order valence-electron chi connectivity index (χ0n) is 9.75. The SMILES string of the molecule is CC(C)(C)C(N)c1cc2c(Br)cccc2o1. The fourth-order valence-electron chi connectivity index (χ4n) is 1.63. The zero-order valence-corrected chi connectivity index (χ0v) is 11.3. The molecule has 0 amide bonds. The molecule has 2 rings (SSSR count). The Balaban J connectivity index is 2.52. The number of halogens is 1. The molecular formula is C13H16BrNO. The van der Waals surface area contributed by atoms with Gasteiger partial charge in [-0.2, -0.15) is 0 Å². The van der Waals surface area contributed by atoms with Crippen molar-refractivity contribution < 1.29 is 4.42 Å². The van der Waals surface area contributed by atoms with Gasteiger partial charge in [0.15, 0.2) is 0 Å². The summed E-state index contributed by atoms with van der Waals surface area (Å²) in [5.41, 5.74) is 7.06. The van der Waals surface area contributed by atoms with Crippen LogP contribution in [0.4, 0.5) is 0 Å². The van der Waals surface area contributed by atoms with Gasteiger partial charge in [0, 0.05) is 9.86 Å². The number of hydrogen-bond donors (Lipinski definition) is 1. The van der Waals surface area contributed by atoms with Gasteiger partial charge in [-0.3, -0.25) is 0 Å². The van der Waals surface area contributed by atoms with Gasteiger partial charge in [0.1, 0.15) is 11.3 Å². The molecule has 2 N–H and O–H groups in total. The second-order valence-corrected chi connectivity index (χ2v) is 6.00. The second kappa shape index (κ2) is 3.90. The molecule has 0 aliphatic rings. The van der Waals surface area contributed by atoms with Crippen LogP contribution in [0.1, 0.15) is 32.6 Å². The number of nitrogens with two attached hydrogens (primary N) is 1. The summed E-state index contributed by atoms with van der Waals surface area (Å²) in [7, 11) is 0. The Morgan fingerprint density at radius 3 is 2.56 bits per heavy atom. The molecule has 3 heteroatoms. The van der Waals surface area contributed by atoms with E-state index in [0.29, 0.717) is 0 Å². The molecule has 1 aromatic carbocycles. The van der Waals surface area contributed by atoms with Crippen LogP contribution in [0, 0.1) is 5.41 Å². The van der Waals surface area contributed by atoms with Gasteiger partial charge < -0.3 is 10.2 Å². The Morgan fingerprint density at radius 2 is 2.00 bits per heavy atom. The van der Waals surface area contributed by atoms with Gasteiger partial charge in [0.05, 0.1) is 6.04 Å². The van der Waals surface area contributed by atoms with Crippen LogP contribution in [0.15, 0.2) is 33.2 Å². The number of fused-ring (bicyclic) bond motifs is 1. The van der Waals surface area contributed by atoms with Gasteiger partial charge in [-0.1, -0.05) is 42.8 Å². The number of rotatable bonds is 1. The first kappa shape index (κ1) is 11.7. The molecule has 1 atom stereocenters. The van der Waals surface area contributed by atoms with E-state index >= 15 is 0 Å². The maximum Gasteiger partial charge on any atom is 0.135 e. The highest BCUT2D eigenvalue weighted by Crippen LogP contribution is 2.35. The summed E-state index contributed by atoms with van der Waals surface area (Å²) < 4.78 is 6.82. The van der Waals surface area contributed by atoms with E-state index in [1.807, 2.05) is 24.3 Å². The Morgan fingerprint density at radius 1 is 1.31 bits per heavy atom. The quantitative estimate of drug-likeness (QED) is 0.849. The average molecular weight is 282 g/mol. The highest BCUT2D eigenvalue weighted by Gasteiger charge is 2.25. The zero-order chi connectivity index (χ0) is 11.9. The minimum Gasteiger partial charge on any atom is -0.459 e. The summed E-state index contributed by atoms with van der Waals surface area (Å²) >= 11 is 3.51. The van der Waals surface area contributed by atoms with Gasteiger partial charge in [0.25, 0.3) is 0 Å². The first-order chi connectivity index (χ1) is 7.39. The van der Waals surface area contributed by atoms with E-state index in [1.54, 1.807) is 0 Å². The Labute approximate surface area is 104 Å². The van der Waals surface area contributed by atoms with E-state index < -0.39 is 0 Å². The van der Waals surface area contributed by atoms with Crippen molar-refractivity contribution >= 4 is 26.9 Å². The molecular weight excluding hydrogens is 266 g/mol. The molecule has 0 saturated carbocycles.